The number of aromatic amines is 1. The Morgan fingerprint density at radius 1 is 1.31 bits per heavy atom. The highest BCUT2D eigenvalue weighted by atomic mass is 32.1. The first-order valence-electron chi connectivity index (χ1n) is 7.92. The Morgan fingerprint density at radius 3 is 2.96 bits per heavy atom. The van der Waals surface area contributed by atoms with E-state index in [-0.39, 0.29) is 23.1 Å². The lowest BCUT2D eigenvalue weighted by Crippen LogP contribution is -2.38. The number of hydrogen-bond acceptors (Lipinski definition) is 6. The molecule has 0 saturated carbocycles. The standard InChI is InChI=1S/C17H14N4O4S/c22-14-10(3-1-6-18-14)16(24)21-7-5-11-13(9-21)26-17(19-11)20-15(23)12-4-2-8-25-12/h1-4,6,8H,5,7,9H2,(H,18,22)(H,19,20,23). The number of amides is 2. The van der Waals surface area contributed by atoms with Gasteiger partial charge in [-0.25, -0.2) is 4.98 Å². The van der Waals surface area contributed by atoms with Crippen LogP contribution in [0.5, 0.6) is 0 Å². The summed E-state index contributed by atoms with van der Waals surface area (Å²) in [6.07, 6.45) is 3.49. The van der Waals surface area contributed by atoms with E-state index in [9.17, 15) is 14.4 Å². The second kappa shape index (κ2) is 6.60. The Hall–Kier alpha value is -3.20. The Labute approximate surface area is 151 Å². The fourth-order valence-electron chi connectivity index (χ4n) is 2.75. The van der Waals surface area contributed by atoms with Crippen LogP contribution in [-0.2, 0) is 13.0 Å². The zero-order valence-corrected chi connectivity index (χ0v) is 14.3. The number of anilines is 1. The summed E-state index contributed by atoms with van der Waals surface area (Å²) in [5.41, 5.74) is 0.571. The Morgan fingerprint density at radius 2 is 2.19 bits per heavy atom. The number of H-pyrrole nitrogens is 1. The van der Waals surface area contributed by atoms with E-state index in [1.54, 1.807) is 23.1 Å². The van der Waals surface area contributed by atoms with Crippen LogP contribution in [0.15, 0.2) is 45.9 Å². The normalized spacial score (nSPS) is 13.3. The summed E-state index contributed by atoms with van der Waals surface area (Å²) in [4.78, 5) is 45.9. The van der Waals surface area contributed by atoms with Crippen molar-refractivity contribution in [1.82, 2.24) is 14.9 Å². The van der Waals surface area contributed by atoms with Gasteiger partial charge in [-0.05, 0) is 24.3 Å². The average Bonchev–Trinajstić information content (AvgIpc) is 3.30. The monoisotopic (exact) mass is 370 g/mol. The quantitative estimate of drug-likeness (QED) is 0.732. The molecule has 4 heterocycles. The van der Waals surface area contributed by atoms with Crippen molar-refractivity contribution < 1.29 is 14.0 Å². The maximum absolute atomic E-state index is 12.6. The van der Waals surface area contributed by atoms with Crippen LogP contribution in [0.1, 0.15) is 31.5 Å². The highest BCUT2D eigenvalue weighted by Gasteiger charge is 2.26. The molecule has 0 radical (unpaired) electrons. The molecule has 132 valence electrons. The lowest BCUT2D eigenvalue weighted by atomic mass is 10.1. The maximum Gasteiger partial charge on any atom is 0.293 e. The molecule has 0 atom stereocenters. The van der Waals surface area contributed by atoms with Crippen molar-refractivity contribution >= 4 is 28.3 Å². The molecule has 2 N–H and O–H groups in total. The molecule has 0 aromatic carbocycles. The Bertz CT molecular complexity index is 1020. The molecule has 3 aromatic rings. The van der Waals surface area contributed by atoms with Gasteiger partial charge < -0.3 is 14.3 Å². The molecular weight excluding hydrogens is 356 g/mol. The molecule has 4 rings (SSSR count). The molecular formula is C17H14N4O4S. The summed E-state index contributed by atoms with van der Waals surface area (Å²) in [5, 5.41) is 3.16. The van der Waals surface area contributed by atoms with Gasteiger partial charge in [0, 0.05) is 24.0 Å². The Balaban J connectivity index is 1.50. The van der Waals surface area contributed by atoms with Crippen molar-refractivity contribution in [2.75, 3.05) is 11.9 Å². The van der Waals surface area contributed by atoms with Crippen molar-refractivity contribution in [2.45, 2.75) is 13.0 Å². The molecule has 0 fully saturated rings. The maximum atomic E-state index is 12.6. The minimum Gasteiger partial charge on any atom is -0.459 e. The highest BCUT2D eigenvalue weighted by Crippen LogP contribution is 2.29. The van der Waals surface area contributed by atoms with Crippen LogP contribution in [0.25, 0.3) is 0 Å². The van der Waals surface area contributed by atoms with Gasteiger partial charge in [0.05, 0.1) is 18.5 Å². The van der Waals surface area contributed by atoms with Crippen LogP contribution >= 0.6 is 11.3 Å². The zero-order chi connectivity index (χ0) is 18.1. The average molecular weight is 370 g/mol. The summed E-state index contributed by atoms with van der Waals surface area (Å²) in [6, 6.07) is 6.34. The van der Waals surface area contributed by atoms with E-state index >= 15 is 0 Å². The van der Waals surface area contributed by atoms with Gasteiger partial charge in [-0.15, -0.1) is 0 Å². The molecule has 0 spiro atoms. The molecule has 2 amide bonds. The number of hydrogen-bond donors (Lipinski definition) is 2. The number of thiazole rings is 1. The van der Waals surface area contributed by atoms with E-state index in [0.29, 0.717) is 24.6 Å². The lowest BCUT2D eigenvalue weighted by Gasteiger charge is -2.25. The third kappa shape index (κ3) is 3.04. The molecule has 26 heavy (non-hydrogen) atoms. The van der Waals surface area contributed by atoms with E-state index < -0.39 is 5.56 Å². The topological polar surface area (TPSA) is 108 Å². The first-order chi connectivity index (χ1) is 12.6. The van der Waals surface area contributed by atoms with Crippen molar-refractivity contribution in [2.24, 2.45) is 0 Å². The van der Waals surface area contributed by atoms with E-state index in [4.69, 9.17) is 4.42 Å². The Kier molecular flexibility index (Phi) is 4.13. The molecule has 1 aliphatic heterocycles. The fraction of sp³-hybridized carbons (Fsp3) is 0.176. The minimum absolute atomic E-state index is 0.117. The molecule has 8 nitrogen and oxygen atoms in total. The first kappa shape index (κ1) is 16.3. The summed E-state index contributed by atoms with van der Waals surface area (Å²) >= 11 is 1.32. The van der Waals surface area contributed by atoms with Gasteiger partial charge in [-0.1, -0.05) is 11.3 Å². The van der Waals surface area contributed by atoms with Gasteiger partial charge >= 0.3 is 0 Å². The number of fused-ring (bicyclic) bond motifs is 1. The van der Waals surface area contributed by atoms with Crippen LogP contribution in [0.2, 0.25) is 0 Å². The predicted octanol–water partition coefficient (Wildman–Crippen LogP) is 1.88. The number of carbonyl (C=O) groups excluding carboxylic acids is 2. The molecule has 0 saturated heterocycles. The van der Waals surface area contributed by atoms with Gasteiger partial charge in [-0.2, -0.15) is 0 Å². The van der Waals surface area contributed by atoms with Crippen LogP contribution in [0.4, 0.5) is 5.13 Å². The molecule has 1 aliphatic rings. The van der Waals surface area contributed by atoms with Crippen LogP contribution < -0.4 is 10.9 Å². The minimum atomic E-state index is -0.404. The SMILES string of the molecule is O=C(Nc1nc2c(s1)CN(C(=O)c1ccc[nH]c1=O)CC2)c1ccco1. The van der Waals surface area contributed by atoms with E-state index in [0.717, 1.165) is 10.6 Å². The summed E-state index contributed by atoms with van der Waals surface area (Å²) in [6.45, 7) is 0.826. The highest BCUT2D eigenvalue weighted by molar-refractivity contribution is 7.15. The predicted molar refractivity (Wildman–Crippen MR) is 94.3 cm³/mol. The number of pyridine rings is 1. The molecule has 9 heteroatoms. The lowest BCUT2D eigenvalue weighted by molar-refractivity contribution is 0.0734. The van der Waals surface area contributed by atoms with Crippen LogP contribution in [0, 0.1) is 0 Å². The summed E-state index contributed by atoms with van der Waals surface area (Å²) in [5.74, 6) is -0.477. The second-order valence-electron chi connectivity index (χ2n) is 5.71. The van der Waals surface area contributed by atoms with Crippen molar-refractivity contribution in [1.29, 1.82) is 0 Å². The van der Waals surface area contributed by atoms with Crippen molar-refractivity contribution in [3.8, 4) is 0 Å². The number of carbonyl (C=O) groups is 2. The van der Waals surface area contributed by atoms with Gasteiger partial charge in [0.1, 0.15) is 5.56 Å². The first-order valence-corrected chi connectivity index (χ1v) is 8.74. The van der Waals surface area contributed by atoms with E-state index in [2.05, 4.69) is 15.3 Å². The van der Waals surface area contributed by atoms with Gasteiger partial charge in [0.2, 0.25) is 0 Å². The third-order valence-corrected chi connectivity index (χ3v) is 5.03. The molecule has 0 unspecified atom stereocenters. The van der Waals surface area contributed by atoms with E-state index in [1.807, 2.05) is 0 Å². The number of nitrogens with zero attached hydrogens (tertiary/aromatic N) is 2. The molecule has 3 aromatic heterocycles. The van der Waals surface area contributed by atoms with Gasteiger partial charge in [0.15, 0.2) is 10.9 Å². The number of rotatable bonds is 3. The number of aromatic nitrogens is 2. The fourth-order valence-corrected chi connectivity index (χ4v) is 3.77. The van der Waals surface area contributed by atoms with Crippen molar-refractivity contribution in [3.05, 3.63) is 69.0 Å². The largest absolute Gasteiger partial charge is 0.459 e. The number of nitrogens with one attached hydrogen (secondary N) is 2. The summed E-state index contributed by atoms with van der Waals surface area (Å²) < 4.78 is 5.06. The van der Waals surface area contributed by atoms with Crippen LogP contribution in [0.3, 0.4) is 0 Å². The summed E-state index contributed by atoms with van der Waals surface area (Å²) in [7, 11) is 0. The zero-order valence-electron chi connectivity index (χ0n) is 13.5. The van der Waals surface area contributed by atoms with E-state index in [1.165, 1.54) is 29.9 Å². The molecule has 0 aliphatic carbocycles. The third-order valence-electron chi connectivity index (χ3n) is 4.03. The molecule has 0 bridgehead atoms. The van der Waals surface area contributed by atoms with Gasteiger partial charge in [-0.3, -0.25) is 19.7 Å². The smallest absolute Gasteiger partial charge is 0.293 e. The van der Waals surface area contributed by atoms with Gasteiger partial charge in [0.25, 0.3) is 17.4 Å². The second-order valence-corrected chi connectivity index (χ2v) is 6.79. The van der Waals surface area contributed by atoms with Crippen molar-refractivity contribution in [3.63, 3.8) is 0 Å². The van der Waals surface area contributed by atoms with Crippen LogP contribution in [-0.4, -0.2) is 33.2 Å². The number of furan rings is 1.